The van der Waals surface area contributed by atoms with Crippen LogP contribution in [0.4, 0.5) is 10.2 Å². The normalized spacial score (nSPS) is 14.9. The Morgan fingerprint density at radius 2 is 1.86 bits per heavy atom. The molecule has 0 aliphatic carbocycles. The Hall–Kier alpha value is -2.57. The highest BCUT2D eigenvalue weighted by molar-refractivity contribution is 6.33. The standard InChI is InChI=1S/C22H23ClFN5/c1-2-26-17-8-11-29(12-9-17)20-14-27-21(15-3-5-16(24)6-4-15)22(28-20)18-7-10-25-13-19(18)23/h3-7,10,13-14,17,26H,2,8-9,11-12H2,1H3. The molecule has 0 unspecified atom stereocenters. The van der Waals surface area contributed by atoms with E-state index in [0.717, 1.165) is 49.4 Å². The van der Waals surface area contributed by atoms with E-state index in [2.05, 4.69) is 22.1 Å². The van der Waals surface area contributed by atoms with E-state index in [4.69, 9.17) is 21.6 Å². The van der Waals surface area contributed by atoms with Gasteiger partial charge in [0.25, 0.3) is 0 Å². The lowest BCUT2D eigenvalue weighted by molar-refractivity contribution is 0.422. The van der Waals surface area contributed by atoms with Crippen LogP contribution in [0.3, 0.4) is 0 Å². The van der Waals surface area contributed by atoms with Crippen molar-refractivity contribution in [2.45, 2.75) is 25.8 Å². The molecule has 0 spiro atoms. The minimum Gasteiger partial charge on any atom is -0.355 e. The first-order valence-corrected chi connectivity index (χ1v) is 10.2. The highest BCUT2D eigenvalue weighted by Gasteiger charge is 2.22. The average Bonchev–Trinajstić information content (AvgIpc) is 2.75. The van der Waals surface area contributed by atoms with E-state index in [1.165, 1.54) is 12.1 Å². The first-order chi connectivity index (χ1) is 14.2. The molecule has 0 bridgehead atoms. The largest absolute Gasteiger partial charge is 0.355 e. The van der Waals surface area contributed by atoms with Gasteiger partial charge in [-0.1, -0.05) is 18.5 Å². The molecule has 1 aliphatic rings. The van der Waals surface area contributed by atoms with Crippen LogP contribution in [0, 0.1) is 5.82 Å². The first kappa shape index (κ1) is 19.7. The fourth-order valence-corrected chi connectivity index (χ4v) is 3.92. The van der Waals surface area contributed by atoms with Crippen LogP contribution >= 0.6 is 11.6 Å². The third-order valence-corrected chi connectivity index (χ3v) is 5.52. The zero-order valence-corrected chi connectivity index (χ0v) is 17.0. The average molecular weight is 412 g/mol. The number of halogens is 2. The Bertz CT molecular complexity index is 971. The summed E-state index contributed by atoms with van der Waals surface area (Å²) >= 11 is 6.42. The molecular formula is C22H23ClFN5. The molecule has 150 valence electrons. The third-order valence-electron chi connectivity index (χ3n) is 5.22. The van der Waals surface area contributed by atoms with E-state index in [0.29, 0.717) is 22.5 Å². The van der Waals surface area contributed by atoms with Crippen LogP contribution in [-0.4, -0.2) is 40.6 Å². The molecule has 0 radical (unpaired) electrons. The number of aromatic nitrogens is 3. The Labute approximate surface area is 175 Å². The topological polar surface area (TPSA) is 53.9 Å². The maximum atomic E-state index is 13.4. The molecule has 1 aliphatic heterocycles. The van der Waals surface area contributed by atoms with Crippen molar-refractivity contribution in [1.82, 2.24) is 20.3 Å². The van der Waals surface area contributed by atoms with Gasteiger partial charge in [0, 0.05) is 42.7 Å². The lowest BCUT2D eigenvalue weighted by Crippen LogP contribution is -2.42. The van der Waals surface area contributed by atoms with E-state index < -0.39 is 0 Å². The second-order valence-corrected chi connectivity index (χ2v) is 7.51. The summed E-state index contributed by atoms with van der Waals surface area (Å²) in [6, 6.07) is 8.65. The van der Waals surface area contributed by atoms with E-state index in [1.54, 1.807) is 30.7 Å². The lowest BCUT2D eigenvalue weighted by atomic mass is 10.0. The highest BCUT2D eigenvalue weighted by atomic mass is 35.5. The summed E-state index contributed by atoms with van der Waals surface area (Å²) in [6.45, 7) is 4.97. The van der Waals surface area contributed by atoms with Crippen LogP contribution in [0.25, 0.3) is 22.5 Å². The van der Waals surface area contributed by atoms with Gasteiger partial charge in [-0.25, -0.2) is 9.37 Å². The van der Waals surface area contributed by atoms with Gasteiger partial charge in [-0.15, -0.1) is 0 Å². The molecule has 0 atom stereocenters. The van der Waals surface area contributed by atoms with Crippen LogP contribution in [-0.2, 0) is 0 Å². The van der Waals surface area contributed by atoms with Crippen LogP contribution in [0.5, 0.6) is 0 Å². The maximum absolute atomic E-state index is 13.4. The summed E-state index contributed by atoms with van der Waals surface area (Å²) in [5.41, 5.74) is 2.90. The number of hydrogen-bond donors (Lipinski definition) is 1. The fraction of sp³-hybridized carbons (Fsp3) is 0.318. The summed E-state index contributed by atoms with van der Waals surface area (Å²) in [7, 11) is 0. The molecule has 3 aromatic rings. The second-order valence-electron chi connectivity index (χ2n) is 7.11. The number of anilines is 1. The van der Waals surface area contributed by atoms with Crippen LogP contribution < -0.4 is 10.2 Å². The number of benzene rings is 1. The van der Waals surface area contributed by atoms with Gasteiger partial charge in [0.05, 0.1) is 16.9 Å². The van der Waals surface area contributed by atoms with E-state index in [1.807, 2.05) is 6.07 Å². The molecule has 5 nitrogen and oxygen atoms in total. The Morgan fingerprint density at radius 1 is 1.10 bits per heavy atom. The number of nitrogens with one attached hydrogen (secondary N) is 1. The molecule has 2 aromatic heterocycles. The van der Waals surface area contributed by atoms with Crippen molar-refractivity contribution in [3.8, 4) is 22.5 Å². The molecule has 1 N–H and O–H groups in total. The van der Waals surface area contributed by atoms with Crippen LogP contribution in [0.1, 0.15) is 19.8 Å². The third kappa shape index (κ3) is 4.38. The van der Waals surface area contributed by atoms with Gasteiger partial charge in [0.2, 0.25) is 0 Å². The van der Waals surface area contributed by atoms with Crippen molar-refractivity contribution >= 4 is 17.4 Å². The van der Waals surface area contributed by atoms with Crippen LogP contribution in [0.2, 0.25) is 5.02 Å². The lowest BCUT2D eigenvalue weighted by Gasteiger charge is -2.33. The van der Waals surface area contributed by atoms with Gasteiger partial charge in [0.15, 0.2) is 0 Å². The molecule has 1 fully saturated rings. The molecule has 7 heteroatoms. The molecule has 29 heavy (non-hydrogen) atoms. The van der Waals surface area contributed by atoms with E-state index in [9.17, 15) is 4.39 Å². The SMILES string of the molecule is CCNC1CCN(c2cnc(-c3ccc(F)cc3)c(-c3ccncc3Cl)n2)CC1. The summed E-state index contributed by atoms with van der Waals surface area (Å²) in [5.74, 6) is 0.541. The Balaban J connectivity index is 1.72. The first-order valence-electron chi connectivity index (χ1n) is 9.87. The van der Waals surface area contributed by atoms with Crippen molar-refractivity contribution in [3.63, 3.8) is 0 Å². The molecule has 3 heterocycles. The predicted octanol–water partition coefficient (Wildman–Crippen LogP) is 4.58. The molecule has 0 saturated carbocycles. The predicted molar refractivity (Wildman–Crippen MR) is 115 cm³/mol. The minimum absolute atomic E-state index is 0.287. The number of pyridine rings is 1. The zero-order chi connectivity index (χ0) is 20.2. The number of hydrogen-bond acceptors (Lipinski definition) is 5. The van der Waals surface area contributed by atoms with Gasteiger partial charge in [-0.05, 0) is 49.7 Å². The second kappa shape index (κ2) is 8.84. The summed E-state index contributed by atoms with van der Waals surface area (Å²) in [6.07, 6.45) is 7.22. The Morgan fingerprint density at radius 3 is 2.55 bits per heavy atom. The van der Waals surface area contributed by atoms with Crippen molar-refractivity contribution in [1.29, 1.82) is 0 Å². The summed E-state index contributed by atoms with van der Waals surface area (Å²) < 4.78 is 13.4. The number of nitrogens with zero attached hydrogens (tertiary/aromatic N) is 4. The highest BCUT2D eigenvalue weighted by Crippen LogP contribution is 2.34. The molecular weight excluding hydrogens is 389 g/mol. The van der Waals surface area contributed by atoms with Crippen LogP contribution in [0.15, 0.2) is 48.9 Å². The molecule has 4 rings (SSSR count). The number of rotatable bonds is 5. The van der Waals surface area contributed by atoms with Gasteiger partial charge in [-0.3, -0.25) is 9.97 Å². The zero-order valence-electron chi connectivity index (χ0n) is 16.3. The monoisotopic (exact) mass is 411 g/mol. The van der Waals surface area contributed by atoms with Crippen molar-refractivity contribution in [3.05, 3.63) is 59.8 Å². The van der Waals surface area contributed by atoms with E-state index >= 15 is 0 Å². The maximum Gasteiger partial charge on any atom is 0.147 e. The van der Waals surface area contributed by atoms with Gasteiger partial charge < -0.3 is 10.2 Å². The van der Waals surface area contributed by atoms with Gasteiger partial charge >= 0.3 is 0 Å². The summed E-state index contributed by atoms with van der Waals surface area (Å²) in [5, 5.41) is 4.03. The van der Waals surface area contributed by atoms with Crippen molar-refractivity contribution in [2.75, 3.05) is 24.5 Å². The smallest absolute Gasteiger partial charge is 0.147 e. The number of piperidine rings is 1. The van der Waals surface area contributed by atoms with Gasteiger partial charge in [0.1, 0.15) is 17.3 Å². The molecule has 0 amide bonds. The van der Waals surface area contributed by atoms with Gasteiger partial charge in [-0.2, -0.15) is 0 Å². The minimum atomic E-state index is -0.287. The van der Waals surface area contributed by atoms with Crippen molar-refractivity contribution in [2.24, 2.45) is 0 Å². The molecule has 1 saturated heterocycles. The molecule has 1 aromatic carbocycles. The van der Waals surface area contributed by atoms with E-state index in [-0.39, 0.29) is 5.82 Å². The quantitative estimate of drug-likeness (QED) is 0.666. The fourth-order valence-electron chi connectivity index (χ4n) is 3.71. The van der Waals surface area contributed by atoms with Crippen molar-refractivity contribution < 1.29 is 4.39 Å². The summed E-state index contributed by atoms with van der Waals surface area (Å²) in [4.78, 5) is 16.0. The Kier molecular flexibility index (Phi) is 6.02.